The summed E-state index contributed by atoms with van der Waals surface area (Å²) in [6.07, 6.45) is 16.7. The Kier molecular flexibility index (Phi) is 7.53. The van der Waals surface area contributed by atoms with Gasteiger partial charge in [0.1, 0.15) is 0 Å². The van der Waals surface area contributed by atoms with Gasteiger partial charge in [0.25, 0.3) is 0 Å². The first-order chi connectivity index (χ1) is 10.2. The van der Waals surface area contributed by atoms with Gasteiger partial charge >= 0.3 is 0 Å². The average molecular weight is 295 g/mol. The largest absolute Gasteiger partial charge is 0.326 e. The van der Waals surface area contributed by atoms with Gasteiger partial charge in [0.05, 0.1) is 0 Å². The zero-order valence-electron chi connectivity index (χ0n) is 14.5. The van der Waals surface area contributed by atoms with Crippen molar-refractivity contribution in [3.05, 3.63) is 0 Å². The molecule has 0 aliphatic heterocycles. The van der Waals surface area contributed by atoms with E-state index in [1.54, 1.807) is 0 Å². The zero-order valence-corrected chi connectivity index (χ0v) is 14.5. The lowest BCUT2D eigenvalue weighted by molar-refractivity contribution is 0.128. The van der Waals surface area contributed by atoms with Gasteiger partial charge in [-0.05, 0) is 31.6 Å². The van der Waals surface area contributed by atoms with Crippen LogP contribution in [0, 0.1) is 5.92 Å². The molecule has 2 rings (SSSR count). The third-order valence-corrected chi connectivity index (χ3v) is 5.30. The van der Waals surface area contributed by atoms with Crippen LogP contribution in [0.5, 0.6) is 0 Å². The Morgan fingerprint density at radius 1 is 0.810 bits per heavy atom. The van der Waals surface area contributed by atoms with Crippen LogP contribution in [-0.2, 0) is 0 Å². The Balaban J connectivity index is 1.95. The molecule has 2 fully saturated rings. The maximum Gasteiger partial charge on any atom is 0.0250 e. The van der Waals surface area contributed by atoms with Crippen LogP contribution in [0.2, 0.25) is 0 Å². The molecule has 0 saturated heterocycles. The van der Waals surface area contributed by atoms with Gasteiger partial charge < -0.3 is 5.73 Å². The van der Waals surface area contributed by atoms with Crippen LogP contribution in [0.4, 0.5) is 0 Å². The van der Waals surface area contributed by atoms with E-state index in [2.05, 4.69) is 18.7 Å². The summed E-state index contributed by atoms with van der Waals surface area (Å²) in [5.74, 6) is 0.763. The molecule has 0 amide bonds. The van der Waals surface area contributed by atoms with E-state index in [4.69, 9.17) is 5.73 Å². The SMILES string of the molecule is CC(C)CN(C1CC1)C1CCCCCCCCCCC1N. The van der Waals surface area contributed by atoms with Crippen LogP contribution in [-0.4, -0.2) is 29.6 Å². The summed E-state index contributed by atoms with van der Waals surface area (Å²) in [6.45, 7) is 5.97. The van der Waals surface area contributed by atoms with Crippen LogP contribution in [0.1, 0.15) is 90.9 Å². The molecule has 0 aromatic carbocycles. The molecule has 2 saturated carbocycles. The smallest absolute Gasteiger partial charge is 0.0250 e. The predicted octanol–water partition coefficient (Wildman–Crippen LogP) is 4.72. The molecule has 0 aromatic heterocycles. The summed E-state index contributed by atoms with van der Waals surface area (Å²) in [7, 11) is 0. The molecule has 21 heavy (non-hydrogen) atoms. The molecule has 124 valence electrons. The molecule has 2 unspecified atom stereocenters. The Bertz CT molecular complexity index is 273. The van der Waals surface area contributed by atoms with E-state index in [1.165, 1.54) is 83.6 Å². The summed E-state index contributed by atoms with van der Waals surface area (Å²) in [4.78, 5) is 2.81. The van der Waals surface area contributed by atoms with E-state index in [0.29, 0.717) is 12.1 Å². The standard InChI is InChI=1S/C19H38N2/c1-16(2)15-21(17-13-14-17)19-12-10-8-6-4-3-5-7-9-11-18(19)20/h16-19H,3-15,20H2,1-2H3. The third kappa shape index (κ3) is 6.28. The first kappa shape index (κ1) is 17.3. The minimum Gasteiger partial charge on any atom is -0.326 e. The normalized spacial score (nSPS) is 30.1. The van der Waals surface area contributed by atoms with Gasteiger partial charge in [-0.25, -0.2) is 0 Å². The van der Waals surface area contributed by atoms with Crippen molar-refractivity contribution in [2.45, 2.75) is 109 Å². The van der Waals surface area contributed by atoms with Gasteiger partial charge in [-0.2, -0.15) is 0 Å². The van der Waals surface area contributed by atoms with Crippen molar-refractivity contribution in [3.63, 3.8) is 0 Å². The lowest BCUT2D eigenvalue weighted by Crippen LogP contribution is -2.50. The van der Waals surface area contributed by atoms with E-state index in [0.717, 1.165) is 12.0 Å². The fourth-order valence-corrected chi connectivity index (χ4v) is 4.00. The molecule has 2 atom stereocenters. The van der Waals surface area contributed by atoms with Gasteiger partial charge in [0.15, 0.2) is 0 Å². The second-order valence-electron chi connectivity index (χ2n) is 7.96. The highest BCUT2D eigenvalue weighted by Crippen LogP contribution is 2.32. The molecular weight excluding hydrogens is 256 g/mol. The van der Waals surface area contributed by atoms with E-state index >= 15 is 0 Å². The molecule has 0 spiro atoms. The van der Waals surface area contributed by atoms with Crippen LogP contribution in [0.25, 0.3) is 0 Å². The van der Waals surface area contributed by atoms with Crippen molar-refractivity contribution in [1.82, 2.24) is 4.90 Å². The highest BCUT2D eigenvalue weighted by Gasteiger charge is 2.36. The molecule has 0 radical (unpaired) electrons. The minimum atomic E-state index is 0.406. The zero-order chi connectivity index (χ0) is 15.1. The number of hydrogen-bond donors (Lipinski definition) is 1. The van der Waals surface area contributed by atoms with Gasteiger partial charge in [0, 0.05) is 24.7 Å². The summed E-state index contributed by atoms with van der Waals surface area (Å²) in [5.41, 5.74) is 6.66. The fourth-order valence-electron chi connectivity index (χ4n) is 4.00. The number of rotatable bonds is 4. The second kappa shape index (κ2) is 9.15. The van der Waals surface area contributed by atoms with E-state index in [1.807, 2.05) is 0 Å². The maximum atomic E-state index is 6.66. The number of nitrogens with two attached hydrogens (primary N) is 1. The van der Waals surface area contributed by atoms with Crippen molar-refractivity contribution in [3.8, 4) is 0 Å². The quantitative estimate of drug-likeness (QED) is 0.813. The fraction of sp³-hybridized carbons (Fsp3) is 1.00. The van der Waals surface area contributed by atoms with Crippen LogP contribution < -0.4 is 5.73 Å². The molecule has 2 heteroatoms. The van der Waals surface area contributed by atoms with Crippen molar-refractivity contribution >= 4 is 0 Å². The molecule has 2 nitrogen and oxygen atoms in total. The van der Waals surface area contributed by atoms with Gasteiger partial charge in [-0.1, -0.05) is 65.2 Å². The van der Waals surface area contributed by atoms with Crippen LogP contribution >= 0.6 is 0 Å². The summed E-state index contributed by atoms with van der Waals surface area (Å²) < 4.78 is 0. The summed E-state index contributed by atoms with van der Waals surface area (Å²) in [6, 6.07) is 1.92. The van der Waals surface area contributed by atoms with Gasteiger partial charge in [-0.3, -0.25) is 4.90 Å². The lowest BCUT2D eigenvalue weighted by Gasteiger charge is -2.37. The molecule has 2 aliphatic carbocycles. The first-order valence-electron chi connectivity index (χ1n) is 9.70. The number of nitrogens with zero attached hydrogens (tertiary/aromatic N) is 1. The molecule has 2 aliphatic rings. The van der Waals surface area contributed by atoms with E-state index in [9.17, 15) is 0 Å². The third-order valence-electron chi connectivity index (χ3n) is 5.30. The second-order valence-corrected chi connectivity index (χ2v) is 7.96. The Morgan fingerprint density at radius 2 is 1.33 bits per heavy atom. The van der Waals surface area contributed by atoms with Crippen molar-refractivity contribution in [2.24, 2.45) is 11.7 Å². The molecule has 0 heterocycles. The summed E-state index contributed by atoms with van der Waals surface area (Å²) >= 11 is 0. The van der Waals surface area contributed by atoms with E-state index < -0.39 is 0 Å². The highest BCUT2D eigenvalue weighted by atomic mass is 15.2. The Hall–Kier alpha value is -0.0800. The monoisotopic (exact) mass is 294 g/mol. The minimum absolute atomic E-state index is 0.406. The Labute approximate surface area is 132 Å². The van der Waals surface area contributed by atoms with Gasteiger partial charge in [-0.15, -0.1) is 0 Å². The van der Waals surface area contributed by atoms with Crippen LogP contribution in [0.15, 0.2) is 0 Å². The topological polar surface area (TPSA) is 29.3 Å². The molecular formula is C19H38N2. The first-order valence-corrected chi connectivity index (χ1v) is 9.70. The molecule has 2 N–H and O–H groups in total. The average Bonchev–Trinajstić information content (AvgIpc) is 3.25. The lowest BCUT2D eigenvalue weighted by atomic mass is 9.92. The molecule has 0 aromatic rings. The van der Waals surface area contributed by atoms with Crippen LogP contribution in [0.3, 0.4) is 0 Å². The summed E-state index contributed by atoms with van der Waals surface area (Å²) in [5, 5.41) is 0. The predicted molar refractivity (Wildman–Crippen MR) is 92.5 cm³/mol. The molecule has 0 bridgehead atoms. The van der Waals surface area contributed by atoms with Crippen molar-refractivity contribution in [2.75, 3.05) is 6.54 Å². The number of hydrogen-bond acceptors (Lipinski definition) is 2. The Morgan fingerprint density at radius 3 is 1.86 bits per heavy atom. The highest BCUT2D eigenvalue weighted by molar-refractivity contribution is 4.93. The maximum absolute atomic E-state index is 6.66. The van der Waals surface area contributed by atoms with Crippen molar-refractivity contribution in [1.29, 1.82) is 0 Å². The van der Waals surface area contributed by atoms with Crippen molar-refractivity contribution < 1.29 is 0 Å². The van der Waals surface area contributed by atoms with E-state index in [-0.39, 0.29) is 0 Å². The van der Waals surface area contributed by atoms with Gasteiger partial charge in [0.2, 0.25) is 0 Å².